The zero-order valence-corrected chi connectivity index (χ0v) is 11.2. The van der Waals surface area contributed by atoms with Gasteiger partial charge < -0.3 is 10.1 Å². The van der Waals surface area contributed by atoms with Crippen LogP contribution in [-0.2, 0) is 11.8 Å². The van der Waals surface area contributed by atoms with Crippen molar-refractivity contribution in [1.29, 1.82) is 0 Å². The highest BCUT2D eigenvalue weighted by atomic mass is 35.5. The molecule has 2 atom stereocenters. The molecule has 0 amide bonds. The van der Waals surface area contributed by atoms with Crippen LogP contribution in [0.25, 0.3) is 0 Å². The van der Waals surface area contributed by atoms with Crippen molar-refractivity contribution in [3.8, 4) is 0 Å². The van der Waals surface area contributed by atoms with Crippen molar-refractivity contribution in [3.05, 3.63) is 18.0 Å². The molecular weight excluding hydrogens is 249 g/mol. The highest BCUT2D eigenvalue weighted by Crippen LogP contribution is 2.27. The Labute approximate surface area is 109 Å². The first-order chi connectivity index (χ1) is 6.81. The Morgan fingerprint density at radius 2 is 2.25 bits per heavy atom. The van der Waals surface area contributed by atoms with Gasteiger partial charge in [-0.1, -0.05) is 0 Å². The average molecular weight is 268 g/mol. The minimum absolute atomic E-state index is 0. The quantitative estimate of drug-likeness (QED) is 0.895. The molecule has 0 bridgehead atoms. The molecule has 1 fully saturated rings. The first kappa shape index (κ1) is 15.7. The molecule has 1 aromatic heterocycles. The molecule has 1 aliphatic heterocycles. The lowest BCUT2D eigenvalue weighted by Gasteiger charge is -2.15. The molecule has 1 saturated heterocycles. The Balaban J connectivity index is 0.00000112. The van der Waals surface area contributed by atoms with Crippen molar-refractivity contribution < 1.29 is 4.74 Å². The van der Waals surface area contributed by atoms with Gasteiger partial charge in [0, 0.05) is 45.3 Å². The van der Waals surface area contributed by atoms with Crippen LogP contribution in [0.1, 0.15) is 11.5 Å². The van der Waals surface area contributed by atoms with E-state index in [1.54, 1.807) is 7.11 Å². The summed E-state index contributed by atoms with van der Waals surface area (Å²) < 4.78 is 7.08. The van der Waals surface area contributed by atoms with Crippen molar-refractivity contribution >= 4 is 24.8 Å². The van der Waals surface area contributed by atoms with Crippen LogP contribution in [-0.4, -0.2) is 36.6 Å². The molecule has 16 heavy (non-hydrogen) atoms. The van der Waals surface area contributed by atoms with Crippen molar-refractivity contribution in [2.24, 2.45) is 13.0 Å². The number of methoxy groups -OCH3 is 1. The van der Waals surface area contributed by atoms with Crippen LogP contribution < -0.4 is 5.32 Å². The lowest BCUT2D eigenvalue weighted by molar-refractivity contribution is 0.153. The number of aryl methyl sites for hydroxylation is 1. The molecule has 94 valence electrons. The molecule has 6 heteroatoms. The largest absolute Gasteiger partial charge is 0.384 e. The molecule has 0 spiro atoms. The van der Waals surface area contributed by atoms with Gasteiger partial charge in [-0.2, -0.15) is 5.10 Å². The highest BCUT2D eigenvalue weighted by Gasteiger charge is 2.28. The van der Waals surface area contributed by atoms with Gasteiger partial charge >= 0.3 is 0 Å². The van der Waals surface area contributed by atoms with E-state index in [1.807, 2.05) is 17.9 Å². The minimum atomic E-state index is 0. The predicted molar refractivity (Wildman–Crippen MR) is 68.7 cm³/mol. The Bertz CT molecular complexity index is 306. The second kappa shape index (κ2) is 7.12. The molecule has 1 aliphatic rings. The summed E-state index contributed by atoms with van der Waals surface area (Å²) in [5, 5.41) is 7.60. The lowest BCUT2D eigenvalue weighted by atomic mass is 9.92. The normalized spacial score (nSPS) is 23.6. The first-order valence-corrected chi connectivity index (χ1v) is 4.99. The first-order valence-electron chi connectivity index (χ1n) is 4.99. The van der Waals surface area contributed by atoms with E-state index in [1.165, 1.54) is 5.56 Å². The Hall–Kier alpha value is -0.290. The molecular formula is C10H19Cl2N3O. The average Bonchev–Trinajstić information content (AvgIpc) is 2.74. The molecule has 0 aliphatic carbocycles. The van der Waals surface area contributed by atoms with Gasteiger partial charge in [0.25, 0.3) is 0 Å². The Morgan fingerprint density at radius 3 is 2.81 bits per heavy atom. The summed E-state index contributed by atoms with van der Waals surface area (Å²) in [7, 11) is 3.72. The maximum Gasteiger partial charge on any atom is 0.0525 e. The monoisotopic (exact) mass is 267 g/mol. The van der Waals surface area contributed by atoms with E-state index in [0.717, 1.165) is 19.7 Å². The van der Waals surface area contributed by atoms with Crippen LogP contribution in [0.15, 0.2) is 12.4 Å². The third kappa shape index (κ3) is 3.35. The van der Waals surface area contributed by atoms with E-state index in [4.69, 9.17) is 4.74 Å². The summed E-state index contributed by atoms with van der Waals surface area (Å²) in [5.41, 5.74) is 1.32. The molecule has 0 aromatic carbocycles. The Morgan fingerprint density at radius 1 is 1.50 bits per heavy atom. The molecule has 1 N–H and O–H groups in total. The van der Waals surface area contributed by atoms with Crippen molar-refractivity contribution in [3.63, 3.8) is 0 Å². The van der Waals surface area contributed by atoms with Crippen LogP contribution >= 0.6 is 24.8 Å². The van der Waals surface area contributed by atoms with Crippen LogP contribution in [0.3, 0.4) is 0 Å². The fraction of sp³-hybridized carbons (Fsp3) is 0.700. The second-order valence-electron chi connectivity index (χ2n) is 3.93. The summed E-state index contributed by atoms with van der Waals surface area (Å²) in [4.78, 5) is 0. The molecule has 4 nitrogen and oxygen atoms in total. The number of nitrogens with one attached hydrogen (secondary N) is 1. The standard InChI is InChI=1S/C10H17N3O.2ClH/c1-13-6-8(4-12-13)10-5-11-3-9(10)7-14-2;;/h4,6,9-11H,3,5,7H2,1-2H3;2*1H. The van der Waals surface area contributed by atoms with Crippen LogP contribution in [0.5, 0.6) is 0 Å². The summed E-state index contributed by atoms with van der Waals surface area (Å²) >= 11 is 0. The molecule has 2 unspecified atom stereocenters. The summed E-state index contributed by atoms with van der Waals surface area (Å²) in [6.45, 7) is 2.92. The van der Waals surface area contributed by atoms with Crippen molar-refractivity contribution in [1.82, 2.24) is 15.1 Å². The second-order valence-corrected chi connectivity index (χ2v) is 3.93. The Kier molecular flexibility index (Phi) is 6.99. The number of aromatic nitrogens is 2. The van der Waals surface area contributed by atoms with Crippen molar-refractivity contribution in [2.45, 2.75) is 5.92 Å². The third-order valence-electron chi connectivity index (χ3n) is 2.87. The fourth-order valence-electron chi connectivity index (χ4n) is 2.14. The number of nitrogens with zero attached hydrogens (tertiary/aromatic N) is 2. The van der Waals surface area contributed by atoms with Crippen molar-refractivity contribution in [2.75, 3.05) is 26.8 Å². The van der Waals surface area contributed by atoms with E-state index in [-0.39, 0.29) is 24.8 Å². The summed E-state index contributed by atoms with van der Waals surface area (Å²) in [5.74, 6) is 1.15. The summed E-state index contributed by atoms with van der Waals surface area (Å²) in [6.07, 6.45) is 4.06. The van der Waals surface area contributed by atoms with E-state index >= 15 is 0 Å². The van der Waals surface area contributed by atoms with Crippen LogP contribution in [0, 0.1) is 5.92 Å². The fourth-order valence-corrected chi connectivity index (χ4v) is 2.14. The molecule has 2 rings (SSSR count). The zero-order valence-electron chi connectivity index (χ0n) is 9.55. The van der Waals surface area contributed by atoms with E-state index in [9.17, 15) is 0 Å². The predicted octanol–water partition coefficient (Wildman–Crippen LogP) is 1.21. The highest BCUT2D eigenvalue weighted by molar-refractivity contribution is 5.85. The van der Waals surface area contributed by atoms with Gasteiger partial charge in [-0.3, -0.25) is 4.68 Å². The van der Waals surface area contributed by atoms with Gasteiger partial charge in [0.15, 0.2) is 0 Å². The molecule has 1 aromatic rings. The minimum Gasteiger partial charge on any atom is -0.384 e. The van der Waals surface area contributed by atoms with Crippen LogP contribution in [0.2, 0.25) is 0 Å². The third-order valence-corrected chi connectivity index (χ3v) is 2.87. The smallest absolute Gasteiger partial charge is 0.0525 e. The zero-order chi connectivity index (χ0) is 9.97. The maximum atomic E-state index is 5.22. The van der Waals surface area contributed by atoms with Gasteiger partial charge in [0.2, 0.25) is 0 Å². The molecule has 0 radical (unpaired) electrons. The van der Waals surface area contributed by atoms with Gasteiger partial charge in [-0.05, 0) is 5.56 Å². The maximum absolute atomic E-state index is 5.22. The van der Waals surface area contributed by atoms with Gasteiger partial charge in [-0.25, -0.2) is 0 Å². The summed E-state index contributed by atoms with van der Waals surface area (Å²) in [6, 6.07) is 0. The molecule has 2 heterocycles. The SMILES string of the molecule is COCC1CNCC1c1cnn(C)c1.Cl.Cl. The topological polar surface area (TPSA) is 39.1 Å². The van der Waals surface area contributed by atoms with Gasteiger partial charge in [-0.15, -0.1) is 24.8 Å². The molecule has 0 saturated carbocycles. The number of hydrogen-bond donors (Lipinski definition) is 1. The van der Waals surface area contributed by atoms with Gasteiger partial charge in [0.1, 0.15) is 0 Å². The number of rotatable bonds is 3. The van der Waals surface area contributed by atoms with Crippen LogP contribution in [0.4, 0.5) is 0 Å². The van der Waals surface area contributed by atoms with E-state index < -0.39 is 0 Å². The number of halogens is 2. The van der Waals surface area contributed by atoms with E-state index in [0.29, 0.717) is 11.8 Å². The lowest BCUT2D eigenvalue weighted by Crippen LogP contribution is -2.16. The van der Waals surface area contributed by atoms with E-state index in [2.05, 4.69) is 16.6 Å². The number of hydrogen-bond acceptors (Lipinski definition) is 3. The number of ether oxygens (including phenoxy) is 1. The van der Waals surface area contributed by atoms with Gasteiger partial charge in [0.05, 0.1) is 12.8 Å².